The minimum absolute atomic E-state index is 0.579. The monoisotopic (exact) mass is 234 g/mol. The largest absolute Gasteiger partial charge is 0.493 e. The first-order chi connectivity index (χ1) is 8.35. The molecule has 0 amide bonds. The molecule has 1 aromatic carbocycles. The molecule has 6 heteroatoms. The van der Waals surface area contributed by atoms with Gasteiger partial charge in [-0.2, -0.15) is 5.10 Å². The lowest BCUT2D eigenvalue weighted by atomic mass is 10.2. The summed E-state index contributed by atoms with van der Waals surface area (Å²) < 4.78 is 10.6. The number of rotatable bonds is 5. The van der Waals surface area contributed by atoms with Crippen LogP contribution < -0.4 is 14.8 Å². The minimum Gasteiger partial charge on any atom is -0.493 e. The molecule has 0 saturated carbocycles. The first kappa shape index (κ1) is 11.3. The van der Waals surface area contributed by atoms with Crippen LogP contribution in [0.5, 0.6) is 11.5 Å². The maximum atomic E-state index is 5.33. The normalized spacial score (nSPS) is 10.0. The van der Waals surface area contributed by atoms with E-state index >= 15 is 0 Å². The second kappa shape index (κ2) is 5.20. The van der Waals surface area contributed by atoms with Crippen LogP contribution in [0.1, 0.15) is 5.56 Å². The van der Waals surface area contributed by atoms with E-state index in [9.17, 15) is 0 Å². The van der Waals surface area contributed by atoms with Crippen molar-refractivity contribution in [3.8, 4) is 11.5 Å². The molecule has 0 aliphatic rings. The lowest BCUT2D eigenvalue weighted by Crippen LogP contribution is -2.04. The average Bonchev–Trinajstić information content (AvgIpc) is 2.88. The Morgan fingerprint density at radius 1 is 1.29 bits per heavy atom. The number of nitrogens with one attached hydrogen (secondary N) is 2. The van der Waals surface area contributed by atoms with Crippen molar-refractivity contribution < 1.29 is 9.47 Å². The lowest BCUT2D eigenvalue weighted by molar-refractivity contribution is 0.352. The van der Waals surface area contributed by atoms with Gasteiger partial charge in [0.15, 0.2) is 11.5 Å². The third-order valence-electron chi connectivity index (χ3n) is 2.35. The van der Waals surface area contributed by atoms with Gasteiger partial charge >= 0.3 is 0 Å². The van der Waals surface area contributed by atoms with Gasteiger partial charge in [0.25, 0.3) is 0 Å². The van der Waals surface area contributed by atoms with Gasteiger partial charge in [-0.1, -0.05) is 12.1 Å². The van der Waals surface area contributed by atoms with E-state index in [2.05, 4.69) is 20.5 Å². The summed E-state index contributed by atoms with van der Waals surface area (Å²) >= 11 is 0. The molecular formula is C11H14N4O2. The lowest BCUT2D eigenvalue weighted by Gasteiger charge is -2.12. The summed E-state index contributed by atoms with van der Waals surface area (Å²) in [5.41, 5.74) is 0.989. The Bertz CT molecular complexity index is 470. The standard InChI is InChI=1S/C11H14N4O2/c1-16-9-5-3-4-8(10(9)17-2)6-12-11-13-7-14-15-11/h3-5,7H,6H2,1-2H3,(H2,12,13,14,15). The van der Waals surface area contributed by atoms with Crippen LogP contribution in [0.15, 0.2) is 24.5 Å². The van der Waals surface area contributed by atoms with Crippen molar-refractivity contribution in [1.29, 1.82) is 0 Å². The van der Waals surface area contributed by atoms with Crippen molar-refractivity contribution in [3.05, 3.63) is 30.1 Å². The van der Waals surface area contributed by atoms with Crippen molar-refractivity contribution in [1.82, 2.24) is 15.2 Å². The third kappa shape index (κ3) is 2.47. The first-order valence-electron chi connectivity index (χ1n) is 5.14. The Kier molecular flexibility index (Phi) is 3.44. The van der Waals surface area contributed by atoms with E-state index in [-0.39, 0.29) is 0 Å². The van der Waals surface area contributed by atoms with Crippen LogP contribution in [-0.4, -0.2) is 29.4 Å². The minimum atomic E-state index is 0.579. The molecule has 0 atom stereocenters. The molecule has 17 heavy (non-hydrogen) atoms. The summed E-state index contributed by atoms with van der Waals surface area (Å²) in [5, 5.41) is 9.59. The predicted octanol–water partition coefficient (Wildman–Crippen LogP) is 1.43. The molecule has 0 saturated heterocycles. The smallest absolute Gasteiger partial charge is 0.218 e. The van der Waals surface area contributed by atoms with Crippen LogP contribution in [0.2, 0.25) is 0 Å². The Morgan fingerprint density at radius 2 is 2.18 bits per heavy atom. The third-order valence-corrected chi connectivity index (χ3v) is 2.35. The molecule has 1 aromatic heterocycles. The van der Waals surface area contributed by atoms with Gasteiger partial charge < -0.3 is 14.8 Å². The van der Waals surface area contributed by atoms with Crippen LogP contribution in [0, 0.1) is 0 Å². The molecule has 2 rings (SSSR count). The first-order valence-corrected chi connectivity index (χ1v) is 5.14. The highest BCUT2D eigenvalue weighted by Gasteiger charge is 2.09. The van der Waals surface area contributed by atoms with E-state index in [0.717, 1.165) is 11.3 Å². The van der Waals surface area contributed by atoms with Crippen LogP contribution in [-0.2, 0) is 6.54 Å². The highest BCUT2D eigenvalue weighted by atomic mass is 16.5. The van der Waals surface area contributed by atoms with E-state index in [0.29, 0.717) is 18.2 Å². The van der Waals surface area contributed by atoms with Crippen LogP contribution in [0.3, 0.4) is 0 Å². The highest BCUT2D eigenvalue weighted by Crippen LogP contribution is 2.30. The van der Waals surface area contributed by atoms with Gasteiger partial charge in [-0.3, -0.25) is 0 Å². The summed E-state index contributed by atoms with van der Waals surface area (Å²) in [6.07, 6.45) is 1.45. The van der Waals surface area contributed by atoms with E-state index < -0.39 is 0 Å². The fourth-order valence-corrected chi connectivity index (χ4v) is 1.56. The zero-order valence-corrected chi connectivity index (χ0v) is 9.73. The number of aromatic amines is 1. The van der Waals surface area contributed by atoms with E-state index in [1.54, 1.807) is 14.2 Å². The topological polar surface area (TPSA) is 72.1 Å². The molecule has 2 aromatic rings. The Hall–Kier alpha value is -2.24. The van der Waals surface area contributed by atoms with Crippen molar-refractivity contribution in [2.45, 2.75) is 6.54 Å². The van der Waals surface area contributed by atoms with Crippen molar-refractivity contribution >= 4 is 5.95 Å². The molecule has 0 aliphatic carbocycles. The maximum absolute atomic E-state index is 5.33. The maximum Gasteiger partial charge on any atom is 0.218 e. The van der Waals surface area contributed by atoms with Gasteiger partial charge in [0.2, 0.25) is 5.95 Å². The fourth-order valence-electron chi connectivity index (χ4n) is 1.56. The Labute approximate surface area is 99.0 Å². The molecule has 6 nitrogen and oxygen atoms in total. The second-order valence-electron chi connectivity index (χ2n) is 3.34. The predicted molar refractivity (Wildman–Crippen MR) is 63.3 cm³/mol. The zero-order chi connectivity index (χ0) is 12.1. The van der Waals surface area contributed by atoms with Gasteiger partial charge in [0.05, 0.1) is 14.2 Å². The molecule has 2 N–H and O–H groups in total. The fraction of sp³-hybridized carbons (Fsp3) is 0.273. The number of aromatic nitrogens is 3. The molecular weight excluding hydrogens is 220 g/mol. The molecule has 0 aliphatic heterocycles. The Balaban J connectivity index is 2.14. The molecule has 90 valence electrons. The van der Waals surface area contributed by atoms with Crippen molar-refractivity contribution in [2.24, 2.45) is 0 Å². The number of H-pyrrole nitrogens is 1. The average molecular weight is 234 g/mol. The van der Waals surface area contributed by atoms with Crippen LogP contribution >= 0.6 is 0 Å². The number of ether oxygens (including phenoxy) is 2. The molecule has 0 fully saturated rings. The van der Waals surface area contributed by atoms with Crippen molar-refractivity contribution in [2.75, 3.05) is 19.5 Å². The highest BCUT2D eigenvalue weighted by molar-refractivity contribution is 5.47. The van der Waals surface area contributed by atoms with Gasteiger partial charge in [-0.25, -0.2) is 10.1 Å². The number of hydrogen-bond acceptors (Lipinski definition) is 5. The SMILES string of the molecule is COc1cccc(CNc2ncn[nH]2)c1OC. The summed E-state index contributed by atoms with van der Waals surface area (Å²) in [6, 6.07) is 5.74. The number of methoxy groups -OCH3 is 2. The van der Waals surface area contributed by atoms with Crippen LogP contribution in [0.4, 0.5) is 5.95 Å². The number of nitrogens with zero attached hydrogens (tertiary/aromatic N) is 2. The van der Waals surface area contributed by atoms with Crippen molar-refractivity contribution in [3.63, 3.8) is 0 Å². The Morgan fingerprint density at radius 3 is 2.82 bits per heavy atom. The van der Waals surface area contributed by atoms with E-state index in [1.807, 2.05) is 18.2 Å². The van der Waals surface area contributed by atoms with E-state index in [4.69, 9.17) is 9.47 Å². The summed E-state index contributed by atoms with van der Waals surface area (Å²) in [5.74, 6) is 2.06. The zero-order valence-electron chi connectivity index (χ0n) is 9.73. The number of benzene rings is 1. The summed E-state index contributed by atoms with van der Waals surface area (Å²) in [4.78, 5) is 3.98. The quantitative estimate of drug-likeness (QED) is 0.818. The summed E-state index contributed by atoms with van der Waals surface area (Å²) in [6.45, 7) is 0.579. The molecule has 0 spiro atoms. The summed E-state index contributed by atoms with van der Waals surface area (Å²) in [7, 11) is 3.24. The van der Waals surface area contributed by atoms with Gasteiger partial charge in [0.1, 0.15) is 6.33 Å². The van der Waals surface area contributed by atoms with Gasteiger partial charge in [-0.15, -0.1) is 0 Å². The van der Waals surface area contributed by atoms with Crippen LogP contribution in [0.25, 0.3) is 0 Å². The number of anilines is 1. The molecule has 0 unspecified atom stereocenters. The van der Waals surface area contributed by atoms with Gasteiger partial charge in [0, 0.05) is 12.1 Å². The second-order valence-corrected chi connectivity index (χ2v) is 3.34. The molecule has 0 bridgehead atoms. The number of hydrogen-bond donors (Lipinski definition) is 2. The van der Waals surface area contributed by atoms with E-state index in [1.165, 1.54) is 6.33 Å². The molecule has 0 radical (unpaired) electrons. The number of para-hydroxylation sites is 1. The van der Waals surface area contributed by atoms with Gasteiger partial charge in [-0.05, 0) is 6.07 Å². The molecule has 1 heterocycles.